The van der Waals surface area contributed by atoms with Crippen molar-refractivity contribution in [2.75, 3.05) is 33.7 Å². The molecule has 20 nitrogen and oxygen atoms in total. The first-order valence-corrected chi connectivity index (χ1v) is 30.4. The third-order valence-electron chi connectivity index (χ3n) is 19.5. The second-order valence-electron chi connectivity index (χ2n) is 23.7. The minimum atomic E-state index is -0.939. The second-order valence-corrected chi connectivity index (χ2v) is 23.7. The van der Waals surface area contributed by atoms with Gasteiger partial charge in [0.05, 0.1) is 21.9 Å². The zero-order valence-corrected chi connectivity index (χ0v) is 55.2. The van der Waals surface area contributed by atoms with Crippen molar-refractivity contribution in [2.45, 2.75) is 21.9 Å². The molecule has 2 aliphatic heterocycles. The first kappa shape index (κ1) is 58.6. The quantitative estimate of drug-likeness (QED) is 0.129. The summed E-state index contributed by atoms with van der Waals surface area (Å²) >= 11 is 0. The van der Waals surface area contributed by atoms with E-state index in [9.17, 15) is 0 Å². The van der Waals surface area contributed by atoms with Gasteiger partial charge in [-0.25, -0.2) is 19.9 Å². The molecule has 468 valence electrons. The summed E-state index contributed by atoms with van der Waals surface area (Å²) in [4.78, 5) is 64.6. The third kappa shape index (κ3) is 7.67. The Morgan fingerprint density at radius 3 is 0.885 bits per heavy atom. The Morgan fingerprint density at radius 2 is 0.594 bits per heavy atom. The number of anilines is 4. The van der Waals surface area contributed by atoms with E-state index in [4.69, 9.17) is 30.1 Å². The molecule has 0 atom stereocenters. The zero-order valence-electron chi connectivity index (χ0n) is 50.7. The van der Waals surface area contributed by atoms with Crippen LogP contribution in [-0.4, -0.2) is 84.1 Å². The predicted molar refractivity (Wildman–Crippen MR) is 348 cm³/mol. The van der Waals surface area contributed by atoms with Crippen LogP contribution in [0.2, 0.25) is 0 Å². The second kappa shape index (κ2) is 22.2. The van der Waals surface area contributed by atoms with Crippen LogP contribution < -0.4 is 29.8 Å². The minimum absolute atomic E-state index is 0. The van der Waals surface area contributed by atoms with Crippen molar-refractivity contribution in [3.8, 4) is 44.5 Å². The summed E-state index contributed by atoms with van der Waals surface area (Å²) in [6, 6.07) is 41.1. The summed E-state index contributed by atoms with van der Waals surface area (Å²) in [5.41, 5.74) is 18.2. The Balaban J connectivity index is 0.000000142. The molecular weight excluding hydrogens is 1560 g/mol. The van der Waals surface area contributed by atoms with Gasteiger partial charge in [-0.2, -0.15) is 74.3 Å². The number of rotatable bonds is 8. The van der Waals surface area contributed by atoms with Gasteiger partial charge in [-0.3, -0.25) is 39.9 Å². The van der Waals surface area contributed by atoms with Gasteiger partial charge in [0.25, 0.3) is 0 Å². The molecule has 6 aliphatic rings. The SMILES string of the molecule is CN1[CH-]N(C2(c3[c-]c(C4(c5cc[n-]n5)c5cnccc5-c5ccncc54)ccc3)c3cnccc3-c3ccncc32)c2nccnc21.CN1[CH-]N(C2(c3[c-]c(C4(c5cc[n-]n5)c5cnccc5-c5ccncc54)ccc3)c3cnccc3-c3ccncc32)c2nccnc21.[Pt].[Pt]. The average molecular weight is 1610 g/mol. The number of benzene rings is 2. The Hall–Kier alpha value is -11.2. The van der Waals surface area contributed by atoms with E-state index < -0.39 is 21.9 Å². The van der Waals surface area contributed by atoms with Gasteiger partial charge in [-0.1, -0.05) is 12.1 Å². The van der Waals surface area contributed by atoms with Crippen LogP contribution in [0.5, 0.6) is 0 Å². The summed E-state index contributed by atoms with van der Waals surface area (Å²) in [6.45, 7) is 4.10. The van der Waals surface area contributed by atoms with Crippen molar-refractivity contribution in [1.29, 1.82) is 0 Å². The molecule has 0 bridgehead atoms. The summed E-state index contributed by atoms with van der Waals surface area (Å²) in [6.07, 6.45) is 40.5. The summed E-state index contributed by atoms with van der Waals surface area (Å²) in [7, 11) is 3.97. The molecular formula is C74H46N20Pt2-6. The van der Waals surface area contributed by atoms with Crippen LogP contribution >= 0.6 is 0 Å². The first-order valence-electron chi connectivity index (χ1n) is 30.4. The predicted octanol–water partition coefficient (Wildman–Crippen LogP) is 9.84. The van der Waals surface area contributed by atoms with Crippen molar-refractivity contribution >= 4 is 23.3 Å². The molecule has 20 rings (SSSR count). The van der Waals surface area contributed by atoms with Crippen LogP contribution in [0.25, 0.3) is 44.5 Å². The molecule has 0 saturated carbocycles. The smallest absolute Gasteiger partial charge is 0.142 e. The van der Waals surface area contributed by atoms with Gasteiger partial charge in [-0.05, 0) is 129 Å². The zero-order chi connectivity index (χ0) is 62.3. The first-order chi connectivity index (χ1) is 46.5. The van der Waals surface area contributed by atoms with Gasteiger partial charge < -0.3 is 40.0 Å². The van der Waals surface area contributed by atoms with Gasteiger partial charge >= 0.3 is 0 Å². The number of pyridine rings is 8. The average Bonchev–Trinajstić information content (AvgIpc) is 1.53. The fourth-order valence-corrected chi connectivity index (χ4v) is 15.9. The molecule has 4 aliphatic carbocycles. The fourth-order valence-electron chi connectivity index (χ4n) is 15.9. The maximum Gasteiger partial charge on any atom is 0.142 e. The van der Waals surface area contributed by atoms with Crippen molar-refractivity contribution in [2.24, 2.45) is 0 Å². The fraction of sp³-hybridized carbons (Fsp3) is 0.0811. The van der Waals surface area contributed by atoms with Gasteiger partial charge in [0.2, 0.25) is 0 Å². The molecule has 0 saturated heterocycles. The molecule has 14 aromatic rings. The molecule has 12 aromatic heterocycles. The number of hydrogen-bond acceptors (Lipinski definition) is 18. The van der Waals surface area contributed by atoms with Gasteiger partial charge in [0.15, 0.2) is 0 Å². The third-order valence-corrected chi connectivity index (χ3v) is 19.5. The van der Waals surface area contributed by atoms with E-state index in [1.54, 1.807) is 37.2 Å². The largest absolute Gasteiger partial charge is 0.581 e. The molecule has 0 unspecified atom stereocenters. The molecule has 22 heteroatoms. The minimum Gasteiger partial charge on any atom is -0.581 e. The molecule has 0 radical (unpaired) electrons. The van der Waals surface area contributed by atoms with Crippen molar-refractivity contribution in [1.82, 2.24) is 80.2 Å². The Labute approximate surface area is 578 Å². The maximum absolute atomic E-state index is 4.87. The van der Waals surface area contributed by atoms with Crippen LogP contribution in [0, 0.1) is 25.5 Å². The van der Waals surface area contributed by atoms with E-state index in [0.717, 1.165) is 146 Å². The normalized spacial score (nSPS) is 15.6. The molecule has 2 aromatic carbocycles. The van der Waals surface area contributed by atoms with Crippen LogP contribution in [0.15, 0.2) is 233 Å². The van der Waals surface area contributed by atoms with Crippen LogP contribution in [-0.2, 0) is 64.0 Å². The van der Waals surface area contributed by atoms with Crippen molar-refractivity contribution in [3.05, 3.63) is 337 Å². The topological polar surface area (TPSA) is 222 Å². The van der Waals surface area contributed by atoms with Crippen LogP contribution in [0.1, 0.15) is 78.1 Å². The number of fused-ring (bicyclic) bond motifs is 14. The Morgan fingerprint density at radius 1 is 0.323 bits per heavy atom. The van der Waals surface area contributed by atoms with Gasteiger partial charge in [0, 0.05) is 200 Å². The van der Waals surface area contributed by atoms with Gasteiger partial charge in [0.1, 0.15) is 23.3 Å². The number of nitrogens with zero attached hydrogens (tertiary/aromatic N) is 20. The molecule has 0 spiro atoms. The Kier molecular flexibility index (Phi) is 13.6. The van der Waals surface area contributed by atoms with E-state index in [1.807, 2.05) is 135 Å². The van der Waals surface area contributed by atoms with E-state index in [2.05, 4.69) is 170 Å². The molecule has 0 fully saturated rings. The molecule has 0 amide bonds. The van der Waals surface area contributed by atoms with Gasteiger partial charge in [-0.15, -0.1) is 22.3 Å². The summed E-state index contributed by atoms with van der Waals surface area (Å²) < 4.78 is 0. The Bertz CT molecular complexity index is 4860. The summed E-state index contributed by atoms with van der Waals surface area (Å²) in [5, 5.41) is 18.0. The maximum atomic E-state index is 4.87. The number of aromatic nitrogens is 16. The summed E-state index contributed by atoms with van der Waals surface area (Å²) in [5.74, 6) is 2.96. The number of hydrogen-bond donors (Lipinski definition) is 0. The van der Waals surface area contributed by atoms with Crippen LogP contribution in [0.3, 0.4) is 0 Å². The van der Waals surface area contributed by atoms with Crippen LogP contribution in [0.4, 0.5) is 23.3 Å². The molecule has 0 N–H and O–H groups in total. The standard InChI is InChI=1S/2C37H23N10.2Pt/c2*1-46-22-47(35-34(46)42-15-16-43-35)37(31-20-40-12-7-27(31)28-8-13-41-21-32(28)37)24-4-2-3-23(17-24)36(33-9-14-44-45-33)29-18-38-10-5-25(29)26-6-11-39-19-30(26)36;;/h2*2-16,18-22H,1H3;;/q2*-3;;. The van der Waals surface area contributed by atoms with E-state index in [1.165, 1.54) is 0 Å². The van der Waals surface area contributed by atoms with Crippen molar-refractivity contribution in [3.63, 3.8) is 0 Å². The van der Waals surface area contributed by atoms with E-state index in [0.29, 0.717) is 0 Å². The monoisotopic (exact) mass is 1600 g/mol. The van der Waals surface area contributed by atoms with E-state index in [-0.39, 0.29) is 42.1 Å². The van der Waals surface area contributed by atoms with Crippen molar-refractivity contribution < 1.29 is 42.1 Å². The molecule has 96 heavy (non-hydrogen) atoms. The van der Waals surface area contributed by atoms with E-state index >= 15 is 0 Å². The molecule has 14 heterocycles.